The van der Waals surface area contributed by atoms with Crippen molar-refractivity contribution in [2.24, 2.45) is 5.73 Å². The summed E-state index contributed by atoms with van der Waals surface area (Å²) in [7, 11) is 0. The lowest BCUT2D eigenvalue weighted by atomic mass is 9.67. The number of nitrogens with two attached hydrogens (primary N) is 1. The summed E-state index contributed by atoms with van der Waals surface area (Å²) in [5.74, 6) is 0.243. The summed E-state index contributed by atoms with van der Waals surface area (Å²) in [6, 6.07) is 1.84. The van der Waals surface area contributed by atoms with Gasteiger partial charge in [-0.3, -0.25) is 0 Å². The molecule has 0 unspecified atom stereocenters. The van der Waals surface area contributed by atoms with Crippen molar-refractivity contribution in [3.05, 3.63) is 27.8 Å². The molecule has 0 bridgehead atoms. The number of halogens is 1. The fourth-order valence-electron chi connectivity index (χ4n) is 3.29. The zero-order valence-electron chi connectivity index (χ0n) is 11.2. The molecule has 0 atom stereocenters. The number of phenolic OH excluding ortho intramolecular Hbond substituents is 1. The Balaban J connectivity index is 2.61. The van der Waals surface area contributed by atoms with Gasteiger partial charge in [0, 0.05) is 17.5 Å². The van der Waals surface area contributed by atoms with Crippen LogP contribution in [0.2, 0.25) is 5.02 Å². The first kappa shape index (κ1) is 13.7. The highest BCUT2D eigenvalue weighted by atomic mass is 35.5. The number of benzene rings is 1. The Morgan fingerprint density at radius 1 is 1.28 bits per heavy atom. The van der Waals surface area contributed by atoms with E-state index >= 15 is 0 Å². The molecule has 0 amide bonds. The number of rotatable bonds is 2. The van der Waals surface area contributed by atoms with Gasteiger partial charge < -0.3 is 10.8 Å². The van der Waals surface area contributed by atoms with Gasteiger partial charge in [0.2, 0.25) is 0 Å². The quantitative estimate of drug-likeness (QED) is 0.856. The van der Waals surface area contributed by atoms with E-state index in [9.17, 15) is 5.11 Å². The van der Waals surface area contributed by atoms with Crippen molar-refractivity contribution in [1.82, 2.24) is 0 Å². The van der Waals surface area contributed by atoms with Gasteiger partial charge in [0.1, 0.15) is 5.75 Å². The van der Waals surface area contributed by atoms with Gasteiger partial charge in [-0.2, -0.15) is 0 Å². The van der Waals surface area contributed by atoms with Gasteiger partial charge in [0.25, 0.3) is 0 Å². The van der Waals surface area contributed by atoms with Crippen LogP contribution >= 0.6 is 11.6 Å². The van der Waals surface area contributed by atoms with Crippen LogP contribution in [0, 0.1) is 13.8 Å². The van der Waals surface area contributed by atoms with Crippen LogP contribution in [0.25, 0.3) is 0 Å². The Labute approximate surface area is 114 Å². The number of hydrogen-bond donors (Lipinski definition) is 2. The Bertz CT molecular complexity index is 424. The first-order valence-corrected chi connectivity index (χ1v) is 7.09. The number of aryl methyl sites for hydroxylation is 1. The van der Waals surface area contributed by atoms with Crippen molar-refractivity contribution in [3.63, 3.8) is 0 Å². The highest BCUT2D eigenvalue weighted by molar-refractivity contribution is 6.32. The van der Waals surface area contributed by atoms with Crippen LogP contribution in [0.4, 0.5) is 0 Å². The second kappa shape index (κ2) is 5.10. The van der Waals surface area contributed by atoms with Crippen molar-refractivity contribution in [1.29, 1.82) is 0 Å². The first-order chi connectivity index (χ1) is 8.52. The monoisotopic (exact) mass is 267 g/mol. The highest BCUT2D eigenvalue weighted by Gasteiger charge is 2.36. The summed E-state index contributed by atoms with van der Waals surface area (Å²) in [6.45, 7) is 4.69. The van der Waals surface area contributed by atoms with Crippen LogP contribution in [0.3, 0.4) is 0 Å². The zero-order chi connectivity index (χ0) is 13.3. The molecule has 1 saturated carbocycles. The largest absolute Gasteiger partial charge is 0.506 e. The zero-order valence-corrected chi connectivity index (χ0v) is 12.0. The Kier molecular flexibility index (Phi) is 3.88. The van der Waals surface area contributed by atoms with Gasteiger partial charge in [-0.05, 0) is 43.9 Å². The minimum Gasteiger partial charge on any atom is -0.506 e. The molecular weight excluding hydrogens is 246 g/mol. The number of aromatic hydroxyl groups is 1. The summed E-state index contributed by atoms with van der Waals surface area (Å²) in [4.78, 5) is 0. The van der Waals surface area contributed by atoms with Gasteiger partial charge in [-0.1, -0.05) is 30.9 Å². The van der Waals surface area contributed by atoms with E-state index in [-0.39, 0.29) is 11.2 Å². The predicted molar refractivity (Wildman–Crippen MR) is 76.4 cm³/mol. The molecule has 0 spiro atoms. The van der Waals surface area contributed by atoms with Crippen molar-refractivity contribution in [2.75, 3.05) is 6.54 Å². The predicted octanol–water partition coefficient (Wildman–Crippen LogP) is 3.82. The average molecular weight is 268 g/mol. The summed E-state index contributed by atoms with van der Waals surface area (Å²) >= 11 is 6.14. The molecule has 0 aromatic heterocycles. The lowest BCUT2D eigenvalue weighted by molar-refractivity contribution is 0.289. The van der Waals surface area contributed by atoms with E-state index in [4.69, 9.17) is 17.3 Å². The smallest absolute Gasteiger partial charge is 0.138 e. The van der Waals surface area contributed by atoms with E-state index in [2.05, 4.69) is 6.92 Å². The van der Waals surface area contributed by atoms with E-state index < -0.39 is 0 Å². The minimum absolute atomic E-state index is 0.0813. The molecule has 1 aliphatic carbocycles. The van der Waals surface area contributed by atoms with E-state index in [0.29, 0.717) is 11.6 Å². The molecule has 3 N–H and O–H groups in total. The van der Waals surface area contributed by atoms with Crippen LogP contribution in [0.5, 0.6) is 5.75 Å². The van der Waals surface area contributed by atoms with E-state index in [0.717, 1.165) is 29.5 Å². The van der Waals surface area contributed by atoms with Crippen molar-refractivity contribution in [3.8, 4) is 5.75 Å². The maximum atomic E-state index is 10.4. The van der Waals surface area contributed by atoms with Gasteiger partial charge in [-0.15, -0.1) is 0 Å². The molecule has 0 radical (unpaired) electrons. The molecule has 3 heteroatoms. The van der Waals surface area contributed by atoms with Crippen LogP contribution in [-0.4, -0.2) is 11.7 Å². The van der Waals surface area contributed by atoms with Crippen LogP contribution in [0.15, 0.2) is 6.07 Å². The maximum Gasteiger partial charge on any atom is 0.138 e. The Morgan fingerprint density at radius 2 is 1.89 bits per heavy atom. The summed E-state index contributed by atoms with van der Waals surface area (Å²) < 4.78 is 0. The van der Waals surface area contributed by atoms with Gasteiger partial charge >= 0.3 is 0 Å². The van der Waals surface area contributed by atoms with Crippen LogP contribution in [0.1, 0.15) is 48.8 Å². The fraction of sp³-hybridized carbons (Fsp3) is 0.600. The van der Waals surface area contributed by atoms with Crippen molar-refractivity contribution >= 4 is 11.6 Å². The van der Waals surface area contributed by atoms with E-state index in [1.165, 1.54) is 19.3 Å². The molecule has 1 aliphatic rings. The normalized spacial score (nSPS) is 18.9. The molecule has 1 aromatic carbocycles. The summed E-state index contributed by atoms with van der Waals surface area (Å²) in [5, 5.41) is 10.8. The topological polar surface area (TPSA) is 46.2 Å². The molecule has 0 aliphatic heterocycles. The van der Waals surface area contributed by atoms with Crippen LogP contribution < -0.4 is 5.73 Å². The third-order valence-electron chi connectivity index (χ3n) is 4.50. The number of hydrogen-bond acceptors (Lipinski definition) is 2. The highest BCUT2D eigenvalue weighted by Crippen LogP contribution is 2.46. The molecule has 1 fully saturated rings. The van der Waals surface area contributed by atoms with Crippen molar-refractivity contribution < 1.29 is 5.11 Å². The second-order valence-electron chi connectivity index (χ2n) is 5.57. The molecular formula is C15H22ClNO. The first-order valence-electron chi connectivity index (χ1n) is 6.71. The molecule has 0 saturated heterocycles. The average Bonchev–Trinajstić information content (AvgIpc) is 2.38. The maximum absolute atomic E-state index is 10.4. The molecule has 0 heterocycles. The van der Waals surface area contributed by atoms with Crippen molar-refractivity contribution in [2.45, 2.75) is 51.4 Å². The van der Waals surface area contributed by atoms with Gasteiger partial charge in [0.05, 0.1) is 5.02 Å². The molecule has 2 nitrogen and oxygen atoms in total. The van der Waals surface area contributed by atoms with E-state index in [1.54, 1.807) is 0 Å². The summed E-state index contributed by atoms with van der Waals surface area (Å²) in [5.41, 5.74) is 9.24. The van der Waals surface area contributed by atoms with E-state index in [1.807, 2.05) is 13.0 Å². The fourth-order valence-corrected chi connectivity index (χ4v) is 3.55. The molecule has 100 valence electrons. The molecule has 1 aromatic rings. The minimum atomic E-state index is -0.0813. The number of phenols is 1. The SMILES string of the molecule is Cc1cc(Cl)c(O)c(C2(CN)CCCCC2)c1C. The standard InChI is InChI=1S/C15H22ClNO/c1-10-8-12(16)14(18)13(11(10)2)15(9-17)6-4-3-5-7-15/h8,18H,3-7,9,17H2,1-2H3. The van der Waals surface area contributed by atoms with Gasteiger partial charge in [0.15, 0.2) is 0 Å². The lowest BCUT2D eigenvalue weighted by Crippen LogP contribution is -2.38. The Hall–Kier alpha value is -0.730. The third-order valence-corrected chi connectivity index (χ3v) is 4.79. The molecule has 2 rings (SSSR count). The third kappa shape index (κ3) is 2.12. The lowest BCUT2D eigenvalue weighted by Gasteiger charge is -2.38. The molecule has 18 heavy (non-hydrogen) atoms. The Morgan fingerprint density at radius 3 is 2.44 bits per heavy atom. The van der Waals surface area contributed by atoms with Crippen LogP contribution in [-0.2, 0) is 5.41 Å². The van der Waals surface area contributed by atoms with Gasteiger partial charge in [-0.25, -0.2) is 0 Å². The summed E-state index contributed by atoms with van der Waals surface area (Å²) in [6.07, 6.45) is 5.74. The second-order valence-corrected chi connectivity index (χ2v) is 5.98.